The summed E-state index contributed by atoms with van der Waals surface area (Å²) in [6.07, 6.45) is 0. The minimum Gasteiger partial charge on any atom is -0.443 e. The normalized spacial score (nSPS) is 21.5. The highest BCUT2D eigenvalue weighted by Crippen LogP contribution is 2.52. The number of carbonyl (C=O) groups excluding carboxylic acids is 1. The smallest absolute Gasteiger partial charge is 0.362 e. The molecule has 1 aliphatic rings. The molecule has 0 N–H and O–H groups in total. The van der Waals surface area contributed by atoms with E-state index < -0.39 is 28.9 Å². The number of carbonyl (C=O) groups is 1. The summed E-state index contributed by atoms with van der Waals surface area (Å²) in [6, 6.07) is 16.4. The molecule has 25 heavy (non-hydrogen) atoms. The Balaban J connectivity index is 1.88. The summed E-state index contributed by atoms with van der Waals surface area (Å²) in [7, 11) is 0. The summed E-state index contributed by atoms with van der Waals surface area (Å²) in [5.41, 5.74) is -1.98. The number of ether oxygens (including phenoxy) is 1. The second-order valence-electron chi connectivity index (χ2n) is 5.93. The number of hydrogen-bond donors (Lipinski definition) is 0. The van der Waals surface area contributed by atoms with Crippen LogP contribution in [0.4, 0.5) is 8.78 Å². The first-order valence-electron chi connectivity index (χ1n) is 7.67. The third-order valence-corrected chi connectivity index (χ3v) is 4.35. The largest absolute Gasteiger partial charge is 0.443 e. The molecule has 0 aliphatic carbocycles. The summed E-state index contributed by atoms with van der Waals surface area (Å²) in [4.78, 5) is 16.3. The Morgan fingerprint density at radius 2 is 1.56 bits per heavy atom. The second kappa shape index (κ2) is 5.24. The van der Waals surface area contributed by atoms with E-state index in [2.05, 4.69) is 4.98 Å². The number of nitrogens with zero attached hydrogens (tertiary/aromatic N) is 1. The Kier molecular flexibility index (Phi) is 3.25. The minimum absolute atomic E-state index is 0.0421. The average Bonchev–Trinajstić information content (AvgIpc) is 3.09. The summed E-state index contributed by atoms with van der Waals surface area (Å²) in [5.74, 6) is -5.32. The minimum atomic E-state index is -3.57. The number of rotatable bonds is 2. The zero-order valence-corrected chi connectivity index (χ0v) is 13.2. The maximum atomic E-state index is 15.2. The zero-order valence-electron chi connectivity index (χ0n) is 13.2. The van der Waals surface area contributed by atoms with E-state index in [9.17, 15) is 4.79 Å². The van der Waals surface area contributed by atoms with Gasteiger partial charge in [-0.15, -0.1) is 0 Å². The van der Waals surface area contributed by atoms with Crippen molar-refractivity contribution in [1.29, 1.82) is 0 Å². The van der Waals surface area contributed by atoms with Crippen molar-refractivity contribution < 1.29 is 22.7 Å². The first kappa shape index (κ1) is 15.5. The van der Waals surface area contributed by atoms with Crippen LogP contribution < -0.4 is 0 Å². The van der Waals surface area contributed by atoms with Crippen molar-refractivity contribution >= 4 is 5.97 Å². The quantitative estimate of drug-likeness (QED) is 0.643. The number of oxazole rings is 1. The number of aromatic nitrogens is 1. The van der Waals surface area contributed by atoms with Crippen LogP contribution in [0.25, 0.3) is 11.5 Å². The molecular formula is C19H13F2NO3. The highest BCUT2D eigenvalue weighted by atomic mass is 19.3. The highest BCUT2D eigenvalue weighted by molar-refractivity contribution is 5.91. The van der Waals surface area contributed by atoms with E-state index in [1.54, 1.807) is 48.5 Å². The first-order chi connectivity index (χ1) is 11.9. The van der Waals surface area contributed by atoms with Gasteiger partial charge in [-0.25, -0.2) is 9.78 Å². The molecule has 0 bridgehead atoms. The van der Waals surface area contributed by atoms with Gasteiger partial charge in [0.2, 0.25) is 17.3 Å². The van der Waals surface area contributed by atoms with Gasteiger partial charge in [-0.05, 0) is 19.1 Å². The van der Waals surface area contributed by atoms with Gasteiger partial charge in [-0.2, -0.15) is 8.78 Å². The fourth-order valence-corrected chi connectivity index (χ4v) is 2.89. The lowest BCUT2D eigenvalue weighted by Crippen LogP contribution is -2.48. The number of esters is 1. The number of halogens is 2. The van der Waals surface area contributed by atoms with Crippen LogP contribution in [0.2, 0.25) is 0 Å². The van der Waals surface area contributed by atoms with E-state index in [1.165, 1.54) is 19.1 Å². The van der Waals surface area contributed by atoms with Crippen LogP contribution in [0.5, 0.6) is 0 Å². The summed E-state index contributed by atoms with van der Waals surface area (Å²) < 4.78 is 40.9. The van der Waals surface area contributed by atoms with E-state index in [0.717, 1.165) is 0 Å². The van der Waals surface area contributed by atoms with Gasteiger partial charge >= 0.3 is 11.9 Å². The van der Waals surface area contributed by atoms with Crippen LogP contribution in [0.15, 0.2) is 65.1 Å². The Morgan fingerprint density at radius 3 is 2.20 bits per heavy atom. The standard InChI is InChI=1S/C19H13F2NO3/c1-18(13-10-6-3-7-11-13)19(20,21)15-14(17(23)25-18)22-16(24-15)12-8-4-2-5-9-12/h2-11H,1H3. The lowest BCUT2D eigenvalue weighted by molar-refractivity contribution is -0.205. The fourth-order valence-electron chi connectivity index (χ4n) is 2.89. The predicted molar refractivity (Wildman–Crippen MR) is 85.0 cm³/mol. The monoisotopic (exact) mass is 341 g/mol. The Hall–Kier alpha value is -3.02. The third-order valence-electron chi connectivity index (χ3n) is 4.35. The van der Waals surface area contributed by atoms with Crippen LogP contribution >= 0.6 is 0 Å². The van der Waals surface area contributed by atoms with Crippen LogP contribution in [0.1, 0.15) is 28.7 Å². The van der Waals surface area contributed by atoms with Gasteiger partial charge in [-0.1, -0.05) is 48.5 Å². The molecule has 0 saturated carbocycles. The molecule has 3 aromatic rings. The van der Waals surface area contributed by atoms with Crippen molar-refractivity contribution in [2.24, 2.45) is 0 Å². The maximum absolute atomic E-state index is 15.2. The third kappa shape index (κ3) is 2.17. The molecule has 0 radical (unpaired) electrons. The van der Waals surface area contributed by atoms with Gasteiger partial charge in [0.05, 0.1) is 0 Å². The van der Waals surface area contributed by atoms with E-state index >= 15 is 8.78 Å². The molecule has 0 spiro atoms. The molecule has 4 rings (SSSR count). The molecule has 1 aromatic heterocycles. The molecule has 1 atom stereocenters. The van der Waals surface area contributed by atoms with Crippen molar-refractivity contribution in [3.63, 3.8) is 0 Å². The Labute approximate surface area is 142 Å². The van der Waals surface area contributed by atoms with E-state index in [0.29, 0.717) is 5.56 Å². The number of hydrogen-bond acceptors (Lipinski definition) is 4. The summed E-state index contributed by atoms with van der Waals surface area (Å²) in [5, 5.41) is 0. The maximum Gasteiger partial charge on any atom is 0.362 e. The first-order valence-corrected chi connectivity index (χ1v) is 7.67. The molecule has 0 amide bonds. The molecule has 126 valence electrons. The number of alkyl halides is 2. The van der Waals surface area contributed by atoms with Crippen LogP contribution in [0, 0.1) is 0 Å². The fraction of sp³-hybridized carbons (Fsp3) is 0.158. The van der Waals surface area contributed by atoms with E-state index in [4.69, 9.17) is 9.15 Å². The van der Waals surface area contributed by atoms with Gasteiger partial charge in [0, 0.05) is 11.1 Å². The second-order valence-corrected chi connectivity index (χ2v) is 5.93. The molecule has 0 saturated heterocycles. The topological polar surface area (TPSA) is 52.3 Å². The molecule has 1 aliphatic heterocycles. The van der Waals surface area contributed by atoms with Gasteiger partial charge in [-0.3, -0.25) is 0 Å². The van der Waals surface area contributed by atoms with Crippen molar-refractivity contribution in [3.05, 3.63) is 77.7 Å². The van der Waals surface area contributed by atoms with E-state index in [-0.39, 0.29) is 11.5 Å². The van der Waals surface area contributed by atoms with Crippen molar-refractivity contribution in [2.75, 3.05) is 0 Å². The van der Waals surface area contributed by atoms with E-state index in [1.807, 2.05) is 0 Å². The van der Waals surface area contributed by atoms with Gasteiger partial charge < -0.3 is 9.15 Å². The van der Waals surface area contributed by atoms with Crippen LogP contribution in [-0.4, -0.2) is 11.0 Å². The average molecular weight is 341 g/mol. The summed E-state index contributed by atoms with van der Waals surface area (Å²) >= 11 is 0. The molecular weight excluding hydrogens is 328 g/mol. The Bertz CT molecular complexity index is 938. The molecule has 2 aromatic carbocycles. The van der Waals surface area contributed by atoms with Crippen molar-refractivity contribution in [1.82, 2.24) is 4.98 Å². The molecule has 4 nitrogen and oxygen atoms in total. The number of benzene rings is 2. The lowest BCUT2D eigenvalue weighted by atomic mass is 9.85. The molecule has 0 fully saturated rings. The van der Waals surface area contributed by atoms with Crippen molar-refractivity contribution in [2.45, 2.75) is 18.4 Å². The van der Waals surface area contributed by atoms with Gasteiger partial charge in [0.1, 0.15) is 0 Å². The van der Waals surface area contributed by atoms with Crippen LogP contribution in [0.3, 0.4) is 0 Å². The molecule has 2 heterocycles. The predicted octanol–water partition coefficient (Wildman–Crippen LogP) is 4.52. The lowest BCUT2D eigenvalue weighted by Gasteiger charge is -2.38. The number of cyclic esters (lactones) is 1. The molecule has 6 heteroatoms. The Morgan fingerprint density at radius 1 is 0.960 bits per heavy atom. The number of fused-ring (bicyclic) bond motifs is 1. The van der Waals surface area contributed by atoms with Gasteiger partial charge in [0.25, 0.3) is 0 Å². The van der Waals surface area contributed by atoms with Crippen molar-refractivity contribution in [3.8, 4) is 11.5 Å². The van der Waals surface area contributed by atoms with Gasteiger partial charge in [0.15, 0.2) is 5.69 Å². The zero-order chi connectivity index (χ0) is 17.7. The highest BCUT2D eigenvalue weighted by Gasteiger charge is 2.63. The summed E-state index contributed by atoms with van der Waals surface area (Å²) in [6.45, 7) is 1.17. The molecule has 1 unspecified atom stereocenters. The van der Waals surface area contributed by atoms with Crippen LogP contribution in [-0.2, 0) is 16.3 Å². The SMILES string of the molecule is CC1(c2ccccc2)OC(=O)c2nc(-c3ccccc3)oc2C1(F)F.